The number of ether oxygens (including phenoxy) is 3. The topological polar surface area (TPSA) is 215 Å². The minimum atomic E-state index is -2.06. The number of non-ortho nitro benzene ring substituents is 1. The molecule has 50 heavy (non-hydrogen) atoms. The van der Waals surface area contributed by atoms with Crippen LogP contribution >= 0.6 is 12.4 Å². The van der Waals surface area contributed by atoms with Gasteiger partial charge >= 0.3 is 0 Å². The molecule has 2 aliphatic carbocycles. The molecular formula is C35H39ClN2O12. The van der Waals surface area contributed by atoms with Gasteiger partial charge in [-0.3, -0.25) is 24.5 Å². The quantitative estimate of drug-likeness (QED) is 0.0998. The Hall–Kier alpha value is -4.44. The van der Waals surface area contributed by atoms with Crippen LogP contribution in [-0.2, 0) is 27.2 Å². The number of phenols is 2. The Kier molecular flexibility index (Phi) is 11.1. The Morgan fingerprint density at radius 1 is 1.08 bits per heavy atom. The van der Waals surface area contributed by atoms with E-state index in [9.17, 15) is 44.9 Å². The predicted molar refractivity (Wildman–Crippen MR) is 180 cm³/mol. The third-order valence-corrected chi connectivity index (χ3v) is 9.47. The van der Waals surface area contributed by atoms with Crippen molar-refractivity contribution in [2.45, 2.75) is 83.3 Å². The molecule has 1 heterocycles. The molecule has 3 aliphatic rings. The Morgan fingerprint density at radius 3 is 2.36 bits per heavy atom. The van der Waals surface area contributed by atoms with Gasteiger partial charge in [-0.25, -0.2) is 0 Å². The zero-order valence-corrected chi connectivity index (χ0v) is 27.5. The molecular weight excluding hydrogens is 676 g/mol. The van der Waals surface area contributed by atoms with E-state index in [1.807, 2.05) is 0 Å². The average Bonchev–Trinajstić information content (AvgIpc) is 3.05. The van der Waals surface area contributed by atoms with Crippen molar-refractivity contribution >= 4 is 35.4 Å². The summed E-state index contributed by atoms with van der Waals surface area (Å²) in [6, 6.07) is 9.72. The number of aliphatic hydroxyl groups is 2. The number of carbonyl (C=O) groups is 3. The van der Waals surface area contributed by atoms with Crippen molar-refractivity contribution in [3.05, 3.63) is 91.5 Å². The molecule has 3 aromatic rings. The first-order valence-corrected chi connectivity index (χ1v) is 15.3. The smallest absolute Gasteiger partial charge is 0.269 e. The molecule has 15 heteroatoms. The van der Waals surface area contributed by atoms with Gasteiger partial charge in [0.1, 0.15) is 22.8 Å². The van der Waals surface area contributed by atoms with Crippen molar-refractivity contribution in [1.82, 2.24) is 5.32 Å². The van der Waals surface area contributed by atoms with Gasteiger partial charge in [-0.05, 0) is 25.5 Å². The Balaban J connectivity index is 0.00000281. The van der Waals surface area contributed by atoms with Gasteiger partial charge in [-0.1, -0.05) is 31.7 Å². The maximum Gasteiger partial charge on any atom is 0.269 e. The van der Waals surface area contributed by atoms with Crippen molar-refractivity contribution in [3.8, 4) is 17.2 Å². The fourth-order valence-electron chi connectivity index (χ4n) is 6.81. The molecule has 1 saturated heterocycles. The fourth-order valence-corrected chi connectivity index (χ4v) is 6.81. The van der Waals surface area contributed by atoms with E-state index in [1.165, 1.54) is 44.4 Å². The summed E-state index contributed by atoms with van der Waals surface area (Å²) in [5, 5.41) is 59.8. The second kappa shape index (κ2) is 14.4. The van der Waals surface area contributed by atoms with Crippen LogP contribution in [0.2, 0.25) is 0 Å². The normalized spacial score (nSPS) is 25.3. The number of nitrogens with one attached hydrogen (secondary N) is 1. The molecule has 0 bridgehead atoms. The van der Waals surface area contributed by atoms with Crippen LogP contribution in [0.25, 0.3) is 0 Å². The maximum absolute atomic E-state index is 13.8. The molecule has 6 atom stereocenters. The third-order valence-electron chi connectivity index (χ3n) is 9.47. The zero-order chi connectivity index (χ0) is 34.7. The van der Waals surface area contributed by atoms with E-state index in [1.54, 1.807) is 19.1 Å². The number of methoxy groups -OCH3 is 1. The zero-order valence-electron chi connectivity index (χ0n) is 26.7. The molecule has 1 fully saturated rings. The number of hydrogen-bond acceptors (Lipinski definition) is 13. The highest BCUT2D eigenvalue weighted by molar-refractivity contribution is 6.31. The van der Waals surface area contributed by atoms with Crippen LogP contribution in [0.5, 0.6) is 17.2 Å². The van der Waals surface area contributed by atoms with Gasteiger partial charge in [0.2, 0.25) is 5.78 Å². The lowest BCUT2D eigenvalue weighted by molar-refractivity contribution is -0.384. The molecule has 3 aromatic carbocycles. The number of nitrogens with zero attached hydrogens (tertiary/aromatic N) is 1. The van der Waals surface area contributed by atoms with Crippen molar-refractivity contribution < 1.29 is 53.9 Å². The number of nitro benzene ring substituents is 1. The highest BCUT2D eigenvalue weighted by Crippen LogP contribution is 2.52. The second-order valence-electron chi connectivity index (χ2n) is 12.4. The van der Waals surface area contributed by atoms with E-state index in [4.69, 9.17) is 14.2 Å². The van der Waals surface area contributed by atoms with Crippen molar-refractivity contribution in [1.29, 1.82) is 0 Å². The molecule has 0 saturated carbocycles. The van der Waals surface area contributed by atoms with Gasteiger partial charge < -0.3 is 40.0 Å². The molecule has 4 unspecified atom stereocenters. The molecule has 6 rings (SSSR count). The lowest BCUT2D eigenvalue weighted by Crippen LogP contribution is -2.54. The molecule has 0 amide bonds. The Bertz CT molecular complexity index is 1850. The summed E-state index contributed by atoms with van der Waals surface area (Å²) in [7, 11) is 1.33. The first-order valence-electron chi connectivity index (χ1n) is 15.3. The number of benzene rings is 3. The number of fused-ring (bicyclic) bond motifs is 3. The molecule has 268 valence electrons. The number of phenolic OH excluding ortho intramolecular Hbond substituents is 2. The standard InChI is InChI=1S/C34H34N2O12.CH4.ClH/c1-15-29(38)21(35-14-17-7-9-18(10-8-17)36(44)45)11-24(47-15)48-23-13-34(43,16(2)37)12-20-26(23)33(42)28-27(31(20)40)30(39)19-5-4-6-22(46-3)25(19)32(28)41;;/h4-10,15,21,23-24,29,35,38,40,42-43H,11-14H2,1-3H3;1H4;1H/t15?,21?,23-,24?,29?,34-;;/m0../s1. The fraction of sp³-hybridized carbons (Fsp3) is 0.400. The van der Waals surface area contributed by atoms with Crippen molar-refractivity contribution in [3.63, 3.8) is 0 Å². The van der Waals surface area contributed by atoms with Gasteiger partial charge in [0.15, 0.2) is 17.9 Å². The average molecular weight is 715 g/mol. The van der Waals surface area contributed by atoms with Gasteiger partial charge in [0.25, 0.3) is 5.69 Å². The number of aliphatic hydroxyl groups excluding tert-OH is 1. The highest BCUT2D eigenvalue weighted by Gasteiger charge is 2.49. The summed E-state index contributed by atoms with van der Waals surface area (Å²) >= 11 is 0. The van der Waals surface area contributed by atoms with Crippen LogP contribution in [0.4, 0.5) is 5.69 Å². The van der Waals surface area contributed by atoms with E-state index >= 15 is 0 Å². The van der Waals surface area contributed by atoms with E-state index in [2.05, 4.69) is 5.32 Å². The number of hydrogen-bond donors (Lipinski definition) is 5. The predicted octanol–water partition coefficient (Wildman–Crippen LogP) is 3.83. The SMILES string of the molecule is C.COc1cccc2c1C(=O)c1c(O)c3c(c(O)c1C2=O)C[C@@](O)(C(C)=O)C[C@@H]3OC1CC(NCc2ccc([N+](=O)[O-])cc2)C(O)C(C)O1.Cl. The number of halogens is 1. The van der Waals surface area contributed by atoms with Crippen molar-refractivity contribution in [2.75, 3.05) is 7.11 Å². The number of carbonyl (C=O) groups excluding carboxylic acids is 3. The first kappa shape index (κ1) is 38.4. The van der Waals surface area contributed by atoms with Crippen LogP contribution in [0, 0.1) is 10.1 Å². The Morgan fingerprint density at radius 2 is 1.74 bits per heavy atom. The largest absolute Gasteiger partial charge is 0.507 e. The summed E-state index contributed by atoms with van der Waals surface area (Å²) in [5.74, 6) is -3.35. The molecule has 0 spiro atoms. The lowest BCUT2D eigenvalue weighted by atomic mass is 9.72. The summed E-state index contributed by atoms with van der Waals surface area (Å²) < 4.78 is 17.5. The van der Waals surface area contributed by atoms with Crippen LogP contribution in [0.1, 0.15) is 88.8 Å². The van der Waals surface area contributed by atoms with E-state index in [0.717, 1.165) is 5.56 Å². The maximum atomic E-state index is 13.8. The molecule has 14 nitrogen and oxygen atoms in total. The van der Waals surface area contributed by atoms with Gasteiger partial charge in [-0.2, -0.15) is 0 Å². The second-order valence-corrected chi connectivity index (χ2v) is 12.4. The minimum Gasteiger partial charge on any atom is -0.507 e. The number of nitro groups is 1. The molecule has 1 aliphatic heterocycles. The number of rotatable bonds is 8. The highest BCUT2D eigenvalue weighted by atomic mass is 35.5. The Labute approximate surface area is 293 Å². The van der Waals surface area contributed by atoms with E-state index < -0.39 is 87.6 Å². The van der Waals surface area contributed by atoms with Crippen LogP contribution in [0.3, 0.4) is 0 Å². The van der Waals surface area contributed by atoms with Crippen LogP contribution in [0.15, 0.2) is 42.5 Å². The lowest BCUT2D eigenvalue weighted by Gasteiger charge is -2.43. The van der Waals surface area contributed by atoms with E-state index in [0.29, 0.717) is 0 Å². The van der Waals surface area contributed by atoms with Gasteiger partial charge in [0.05, 0.1) is 47.0 Å². The summed E-state index contributed by atoms with van der Waals surface area (Å²) in [6.45, 7) is 3.04. The summed E-state index contributed by atoms with van der Waals surface area (Å²) in [4.78, 5) is 50.7. The van der Waals surface area contributed by atoms with Crippen LogP contribution in [-0.4, -0.2) is 79.9 Å². The van der Waals surface area contributed by atoms with Crippen molar-refractivity contribution in [2.24, 2.45) is 0 Å². The number of ketones is 3. The molecule has 0 aromatic heterocycles. The van der Waals surface area contributed by atoms with Gasteiger partial charge in [-0.15, -0.1) is 12.4 Å². The van der Waals surface area contributed by atoms with E-state index in [-0.39, 0.29) is 72.9 Å². The summed E-state index contributed by atoms with van der Waals surface area (Å²) in [6.07, 6.45) is -4.90. The summed E-state index contributed by atoms with van der Waals surface area (Å²) in [5.41, 5.74) is -2.63. The molecule has 0 radical (unpaired) electrons. The number of aromatic hydroxyl groups is 2. The third kappa shape index (κ3) is 6.45. The van der Waals surface area contributed by atoms with Crippen LogP contribution < -0.4 is 10.1 Å². The number of Topliss-reactive ketones (excluding diaryl/α,β-unsaturated/α-hetero) is 1. The minimum absolute atomic E-state index is 0. The van der Waals surface area contributed by atoms with Gasteiger partial charge in [0, 0.05) is 60.7 Å². The monoisotopic (exact) mass is 714 g/mol. The molecule has 5 N–H and O–H groups in total. The first-order chi connectivity index (χ1) is 22.7.